The fourth-order valence-electron chi connectivity index (χ4n) is 2.18. The molecular formula is C13H24N2O3. The molecule has 3 N–H and O–H groups in total. The molecule has 1 aliphatic rings. The van der Waals surface area contributed by atoms with E-state index in [-0.39, 0.29) is 24.0 Å². The van der Waals surface area contributed by atoms with Crippen LogP contribution < -0.4 is 10.6 Å². The number of rotatable bonds is 4. The Morgan fingerprint density at radius 3 is 2.44 bits per heavy atom. The summed E-state index contributed by atoms with van der Waals surface area (Å²) in [5.41, 5.74) is -0.817. The van der Waals surface area contributed by atoms with Crippen LogP contribution in [0.3, 0.4) is 0 Å². The number of urea groups is 1. The molecule has 5 nitrogen and oxygen atoms in total. The lowest BCUT2D eigenvalue weighted by atomic mass is 9.87. The lowest BCUT2D eigenvalue weighted by Crippen LogP contribution is -2.49. The maximum atomic E-state index is 11.7. The molecular weight excluding hydrogens is 232 g/mol. The van der Waals surface area contributed by atoms with Crippen LogP contribution in [-0.4, -0.2) is 29.7 Å². The zero-order valence-electron chi connectivity index (χ0n) is 11.7. The molecule has 0 radical (unpaired) electrons. The molecule has 1 unspecified atom stereocenters. The van der Waals surface area contributed by atoms with Gasteiger partial charge in [-0.3, -0.25) is 4.79 Å². The summed E-state index contributed by atoms with van der Waals surface area (Å²) in [5.74, 6) is -0.913. The molecule has 1 aliphatic carbocycles. The van der Waals surface area contributed by atoms with E-state index in [1.165, 1.54) is 0 Å². The zero-order chi connectivity index (χ0) is 14.0. The molecule has 0 aromatic rings. The van der Waals surface area contributed by atoms with Crippen LogP contribution in [0.4, 0.5) is 4.79 Å². The lowest BCUT2D eigenvalue weighted by molar-refractivity contribution is -0.146. The molecule has 104 valence electrons. The highest BCUT2D eigenvalue weighted by molar-refractivity contribution is 5.77. The number of aliphatic carboxylic acids is 1. The van der Waals surface area contributed by atoms with Crippen LogP contribution in [0.15, 0.2) is 0 Å². The molecule has 18 heavy (non-hydrogen) atoms. The van der Waals surface area contributed by atoms with E-state index in [4.69, 9.17) is 5.11 Å². The molecule has 2 amide bonds. The Bertz CT molecular complexity index is 337. The van der Waals surface area contributed by atoms with Gasteiger partial charge in [0.1, 0.15) is 0 Å². The van der Waals surface area contributed by atoms with Gasteiger partial charge in [0.25, 0.3) is 0 Å². The van der Waals surface area contributed by atoms with Crippen molar-refractivity contribution in [2.24, 2.45) is 10.8 Å². The number of carbonyl (C=O) groups is 2. The number of carbonyl (C=O) groups excluding carboxylic acids is 1. The van der Waals surface area contributed by atoms with Gasteiger partial charge in [-0.25, -0.2) is 4.79 Å². The Morgan fingerprint density at radius 1 is 1.39 bits per heavy atom. The van der Waals surface area contributed by atoms with Gasteiger partial charge in [0, 0.05) is 12.6 Å². The fourth-order valence-corrected chi connectivity index (χ4v) is 2.18. The Hall–Kier alpha value is -1.26. The first kappa shape index (κ1) is 14.8. The van der Waals surface area contributed by atoms with E-state index in [2.05, 4.69) is 24.5 Å². The van der Waals surface area contributed by atoms with Crippen molar-refractivity contribution < 1.29 is 14.7 Å². The minimum atomic E-state index is -0.942. The van der Waals surface area contributed by atoms with Crippen LogP contribution in [0.5, 0.6) is 0 Å². The molecule has 1 atom stereocenters. The third kappa shape index (κ3) is 3.62. The topological polar surface area (TPSA) is 78.4 Å². The van der Waals surface area contributed by atoms with Gasteiger partial charge in [-0.1, -0.05) is 20.3 Å². The van der Waals surface area contributed by atoms with Crippen molar-refractivity contribution >= 4 is 12.0 Å². The highest BCUT2D eigenvalue weighted by atomic mass is 16.4. The van der Waals surface area contributed by atoms with E-state index in [9.17, 15) is 9.59 Å². The number of amides is 2. The average molecular weight is 256 g/mol. The predicted octanol–water partition coefficient (Wildman–Crippen LogP) is 1.98. The van der Waals surface area contributed by atoms with Crippen molar-refractivity contribution in [1.29, 1.82) is 0 Å². The second kappa shape index (κ2) is 5.16. The van der Waals surface area contributed by atoms with Crippen LogP contribution in [0.25, 0.3) is 0 Å². The van der Waals surface area contributed by atoms with E-state index in [1.54, 1.807) is 13.8 Å². The number of hydrogen-bond donors (Lipinski definition) is 3. The fraction of sp³-hybridized carbons (Fsp3) is 0.846. The van der Waals surface area contributed by atoms with E-state index >= 15 is 0 Å². The van der Waals surface area contributed by atoms with E-state index in [1.807, 2.05) is 0 Å². The molecule has 0 aromatic carbocycles. The van der Waals surface area contributed by atoms with Gasteiger partial charge in [-0.15, -0.1) is 0 Å². The molecule has 0 aromatic heterocycles. The molecule has 0 spiro atoms. The van der Waals surface area contributed by atoms with E-state index in [0.717, 1.165) is 19.3 Å². The van der Waals surface area contributed by atoms with Crippen LogP contribution in [0.1, 0.15) is 47.0 Å². The standard InChI is InChI=1S/C13H24N2O3/c1-12(2)7-5-6-9(12)15-11(18)14-8-13(3,4)10(16)17/h9H,5-8H2,1-4H3,(H,16,17)(H2,14,15,18). The lowest BCUT2D eigenvalue weighted by Gasteiger charge is -2.28. The summed E-state index contributed by atoms with van der Waals surface area (Å²) in [6.45, 7) is 7.60. The average Bonchev–Trinajstić information content (AvgIpc) is 2.55. The largest absolute Gasteiger partial charge is 0.481 e. The van der Waals surface area contributed by atoms with Gasteiger partial charge in [0.15, 0.2) is 0 Å². The smallest absolute Gasteiger partial charge is 0.315 e. The van der Waals surface area contributed by atoms with Gasteiger partial charge < -0.3 is 15.7 Å². The minimum absolute atomic E-state index is 0.125. The molecule has 0 bridgehead atoms. The van der Waals surface area contributed by atoms with Crippen molar-refractivity contribution in [2.75, 3.05) is 6.54 Å². The molecule has 5 heteroatoms. The molecule has 0 saturated heterocycles. The first-order valence-corrected chi connectivity index (χ1v) is 6.43. The van der Waals surface area contributed by atoms with E-state index < -0.39 is 11.4 Å². The second-order valence-corrected chi connectivity index (χ2v) is 6.45. The zero-order valence-corrected chi connectivity index (χ0v) is 11.7. The van der Waals surface area contributed by atoms with Crippen molar-refractivity contribution in [1.82, 2.24) is 10.6 Å². The monoisotopic (exact) mass is 256 g/mol. The second-order valence-electron chi connectivity index (χ2n) is 6.45. The summed E-state index contributed by atoms with van der Waals surface area (Å²) >= 11 is 0. The number of carboxylic acids is 1. The maximum absolute atomic E-state index is 11.7. The highest BCUT2D eigenvalue weighted by Gasteiger charge is 2.35. The number of carboxylic acid groups (broad SMARTS) is 1. The number of nitrogens with one attached hydrogen (secondary N) is 2. The highest BCUT2D eigenvalue weighted by Crippen LogP contribution is 2.37. The summed E-state index contributed by atoms with van der Waals surface area (Å²) < 4.78 is 0. The molecule has 1 fully saturated rings. The van der Waals surface area contributed by atoms with Gasteiger partial charge >= 0.3 is 12.0 Å². The normalized spacial score (nSPS) is 22.6. The third-order valence-corrected chi connectivity index (χ3v) is 3.83. The predicted molar refractivity (Wildman–Crippen MR) is 69.4 cm³/mol. The maximum Gasteiger partial charge on any atom is 0.315 e. The van der Waals surface area contributed by atoms with Crippen LogP contribution in [0.2, 0.25) is 0 Å². The Labute approximate surface area is 108 Å². The van der Waals surface area contributed by atoms with Gasteiger partial charge in [0.2, 0.25) is 0 Å². The first-order valence-electron chi connectivity index (χ1n) is 6.43. The summed E-state index contributed by atoms with van der Waals surface area (Å²) in [5, 5.41) is 14.5. The van der Waals surface area contributed by atoms with Crippen LogP contribution in [-0.2, 0) is 4.79 Å². The van der Waals surface area contributed by atoms with Crippen molar-refractivity contribution in [3.63, 3.8) is 0 Å². The van der Waals surface area contributed by atoms with Crippen LogP contribution in [0, 0.1) is 10.8 Å². The minimum Gasteiger partial charge on any atom is -0.481 e. The summed E-state index contributed by atoms with van der Waals surface area (Å²) in [6.07, 6.45) is 3.22. The quantitative estimate of drug-likeness (QED) is 0.719. The summed E-state index contributed by atoms with van der Waals surface area (Å²) in [6, 6.07) is -0.102. The van der Waals surface area contributed by atoms with Crippen molar-refractivity contribution in [3.05, 3.63) is 0 Å². The van der Waals surface area contributed by atoms with Gasteiger partial charge in [-0.2, -0.15) is 0 Å². The Kier molecular flexibility index (Phi) is 4.24. The third-order valence-electron chi connectivity index (χ3n) is 3.83. The molecule has 0 heterocycles. The summed E-state index contributed by atoms with van der Waals surface area (Å²) in [7, 11) is 0. The van der Waals surface area contributed by atoms with Crippen molar-refractivity contribution in [2.45, 2.75) is 53.0 Å². The molecule has 1 rings (SSSR count). The van der Waals surface area contributed by atoms with E-state index in [0.29, 0.717) is 0 Å². The molecule has 0 aliphatic heterocycles. The Morgan fingerprint density at radius 2 is 2.00 bits per heavy atom. The molecule has 1 saturated carbocycles. The first-order chi connectivity index (χ1) is 8.15. The van der Waals surface area contributed by atoms with Crippen LogP contribution >= 0.6 is 0 Å². The van der Waals surface area contributed by atoms with Crippen molar-refractivity contribution in [3.8, 4) is 0 Å². The summed E-state index contributed by atoms with van der Waals surface area (Å²) in [4.78, 5) is 22.7. The van der Waals surface area contributed by atoms with Gasteiger partial charge in [-0.05, 0) is 32.1 Å². The Balaban J connectivity index is 2.41. The van der Waals surface area contributed by atoms with Gasteiger partial charge in [0.05, 0.1) is 5.41 Å². The number of hydrogen-bond acceptors (Lipinski definition) is 2. The SMILES string of the molecule is CC(C)(CNC(=O)NC1CCCC1(C)C)C(=O)O.